The lowest BCUT2D eigenvalue weighted by Gasteiger charge is -2.26. The molecule has 1 aromatic carbocycles. The second kappa shape index (κ2) is 8.61. The standard InChI is InChI=1S/C22H29N5O/c1-2-27-16-18(17-9-4-5-10-20(17)27)19-15-21(25-24-19)23-22(28)11-8-14-26-12-6-3-7-13-26/h4-5,9-10,15-16H,2-3,6-8,11-14H2,1H3,(H2,23,24,25,28). The quantitative estimate of drug-likeness (QED) is 0.645. The number of carbonyl (C=O) groups excluding carboxylic acids is 1. The maximum absolute atomic E-state index is 12.3. The molecule has 3 aromatic rings. The number of hydrogen-bond acceptors (Lipinski definition) is 3. The van der Waals surface area contributed by atoms with Crippen LogP contribution in [0, 0.1) is 0 Å². The van der Waals surface area contributed by atoms with E-state index in [9.17, 15) is 4.79 Å². The van der Waals surface area contributed by atoms with Crippen LogP contribution < -0.4 is 5.32 Å². The molecule has 3 heterocycles. The Kier molecular flexibility index (Phi) is 5.76. The summed E-state index contributed by atoms with van der Waals surface area (Å²) in [5.41, 5.74) is 3.14. The highest BCUT2D eigenvalue weighted by atomic mass is 16.1. The van der Waals surface area contributed by atoms with Gasteiger partial charge in [-0.25, -0.2) is 0 Å². The Morgan fingerprint density at radius 3 is 2.86 bits per heavy atom. The highest BCUT2D eigenvalue weighted by Gasteiger charge is 2.14. The molecule has 28 heavy (non-hydrogen) atoms. The van der Waals surface area contributed by atoms with E-state index in [2.05, 4.69) is 56.3 Å². The number of H-pyrrole nitrogens is 1. The van der Waals surface area contributed by atoms with Gasteiger partial charge in [-0.2, -0.15) is 5.10 Å². The molecule has 2 N–H and O–H groups in total. The number of aromatic nitrogens is 3. The largest absolute Gasteiger partial charge is 0.347 e. The molecule has 0 unspecified atom stereocenters. The van der Waals surface area contributed by atoms with Gasteiger partial charge in [0.25, 0.3) is 0 Å². The Labute approximate surface area is 165 Å². The zero-order valence-electron chi connectivity index (χ0n) is 16.6. The summed E-state index contributed by atoms with van der Waals surface area (Å²) in [5, 5.41) is 11.5. The lowest BCUT2D eigenvalue weighted by Crippen LogP contribution is -2.31. The van der Waals surface area contributed by atoms with E-state index in [0.717, 1.165) is 30.8 Å². The number of nitrogens with zero attached hydrogens (tertiary/aromatic N) is 3. The predicted molar refractivity (Wildman–Crippen MR) is 113 cm³/mol. The molecule has 0 radical (unpaired) electrons. The van der Waals surface area contributed by atoms with Crippen molar-refractivity contribution in [1.82, 2.24) is 19.7 Å². The molecule has 1 aliphatic heterocycles. The Morgan fingerprint density at radius 1 is 1.21 bits per heavy atom. The Balaban J connectivity index is 1.37. The van der Waals surface area contributed by atoms with Crippen LogP contribution in [0.2, 0.25) is 0 Å². The van der Waals surface area contributed by atoms with Crippen LogP contribution in [0.5, 0.6) is 0 Å². The minimum Gasteiger partial charge on any atom is -0.347 e. The van der Waals surface area contributed by atoms with Gasteiger partial charge < -0.3 is 14.8 Å². The molecule has 0 spiro atoms. The summed E-state index contributed by atoms with van der Waals surface area (Å²) in [4.78, 5) is 14.7. The second-order valence-corrected chi connectivity index (χ2v) is 7.57. The van der Waals surface area contributed by atoms with Crippen LogP contribution in [0.15, 0.2) is 36.5 Å². The zero-order chi connectivity index (χ0) is 19.3. The van der Waals surface area contributed by atoms with E-state index in [1.807, 2.05) is 12.1 Å². The summed E-state index contributed by atoms with van der Waals surface area (Å²) in [6.07, 6.45) is 7.49. The number of anilines is 1. The van der Waals surface area contributed by atoms with Crippen molar-refractivity contribution in [2.24, 2.45) is 0 Å². The van der Waals surface area contributed by atoms with Gasteiger partial charge in [0.05, 0.1) is 5.69 Å². The van der Waals surface area contributed by atoms with E-state index in [4.69, 9.17) is 0 Å². The maximum atomic E-state index is 12.3. The fraction of sp³-hybridized carbons (Fsp3) is 0.455. The average Bonchev–Trinajstić information content (AvgIpc) is 3.33. The van der Waals surface area contributed by atoms with E-state index in [1.54, 1.807) is 0 Å². The summed E-state index contributed by atoms with van der Waals surface area (Å²) >= 11 is 0. The third kappa shape index (κ3) is 4.12. The van der Waals surface area contributed by atoms with Crippen LogP contribution in [0.4, 0.5) is 5.82 Å². The fourth-order valence-corrected chi connectivity index (χ4v) is 4.10. The topological polar surface area (TPSA) is 66.0 Å². The lowest BCUT2D eigenvalue weighted by atomic mass is 10.1. The van der Waals surface area contributed by atoms with Crippen molar-refractivity contribution in [1.29, 1.82) is 0 Å². The number of benzene rings is 1. The summed E-state index contributed by atoms with van der Waals surface area (Å²) in [7, 11) is 0. The molecule has 6 heteroatoms. The van der Waals surface area contributed by atoms with Crippen molar-refractivity contribution in [3.05, 3.63) is 36.5 Å². The first-order chi connectivity index (χ1) is 13.7. The molecule has 4 rings (SSSR count). The van der Waals surface area contributed by atoms with Gasteiger partial charge in [-0.05, 0) is 51.9 Å². The first-order valence-corrected chi connectivity index (χ1v) is 10.4. The molecular weight excluding hydrogens is 350 g/mol. The summed E-state index contributed by atoms with van der Waals surface area (Å²) in [5.74, 6) is 0.703. The minimum atomic E-state index is 0.0446. The van der Waals surface area contributed by atoms with Crippen LogP contribution in [0.25, 0.3) is 22.2 Å². The number of likely N-dealkylation sites (tertiary alicyclic amines) is 1. The van der Waals surface area contributed by atoms with E-state index in [1.165, 1.54) is 43.3 Å². The lowest BCUT2D eigenvalue weighted by molar-refractivity contribution is -0.116. The molecular formula is C22H29N5O. The number of aromatic amines is 1. The van der Waals surface area contributed by atoms with E-state index >= 15 is 0 Å². The van der Waals surface area contributed by atoms with Crippen molar-refractivity contribution < 1.29 is 4.79 Å². The number of hydrogen-bond donors (Lipinski definition) is 2. The van der Waals surface area contributed by atoms with Gasteiger partial charge in [-0.3, -0.25) is 9.89 Å². The van der Waals surface area contributed by atoms with Crippen LogP contribution >= 0.6 is 0 Å². The molecule has 0 bridgehead atoms. The van der Waals surface area contributed by atoms with Crippen LogP contribution in [0.3, 0.4) is 0 Å². The number of fused-ring (bicyclic) bond motifs is 1. The van der Waals surface area contributed by atoms with Gasteiger partial charge in [0, 0.05) is 41.7 Å². The van der Waals surface area contributed by atoms with Crippen molar-refractivity contribution in [2.45, 2.75) is 45.6 Å². The van der Waals surface area contributed by atoms with Gasteiger partial charge in [0.1, 0.15) is 5.82 Å². The fourth-order valence-electron chi connectivity index (χ4n) is 4.10. The maximum Gasteiger partial charge on any atom is 0.225 e. The average molecular weight is 380 g/mol. The second-order valence-electron chi connectivity index (χ2n) is 7.57. The number of rotatable bonds is 7. The zero-order valence-corrected chi connectivity index (χ0v) is 16.6. The molecule has 148 valence electrons. The predicted octanol–water partition coefficient (Wildman–Crippen LogP) is 4.26. The minimum absolute atomic E-state index is 0.0446. The normalized spacial score (nSPS) is 15.2. The van der Waals surface area contributed by atoms with E-state index in [-0.39, 0.29) is 5.91 Å². The smallest absolute Gasteiger partial charge is 0.225 e. The summed E-state index contributed by atoms with van der Waals surface area (Å²) in [6.45, 7) is 6.41. The molecule has 1 fully saturated rings. The Bertz CT molecular complexity index is 935. The molecule has 1 amide bonds. The number of nitrogens with one attached hydrogen (secondary N) is 2. The van der Waals surface area contributed by atoms with Crippen molar-refractivity contribution in [3.8, 4) is 11.3 Å². The monoisotopic (exact) mass is 379 g/mol. The molecule has 0 atom stereocenters. The molecule has 6 nitrogen and oxygen atoms in total. The highest BCUT2D eigenvalue weighted by molar-refractivity contribution is 5.96. The van der Waals surface area contributed by atoms with Crippen molar-refractivity contribution in [2.75, 3.05) is 25.0 Å². The van der Waals surface area contributed by atoms with Gasteiger partial charge in [-0.1, -0.05) is 24.6 Å². The van der Waals surface area contributed by atoms with Gasteiger partial charge in [0.15, 0.2) is 0 Å². The molecule has 0 aliphatic carbocycles. The van der Waals surface area contributed by atoms with E-state index < -0.39 is 0 Å². The third-order valence-corrected chi connectivity index (χ3v) is 5.58. The van der Waals surface area contributed by atoms with Crippen molar-refractivity contribution >= 4 is 22.6 Å². The first-order valence-electron chi connectivity index (χ1n) is 10.4. The number of carbonyl (C=O) groups is 1. The molecule has 1 saturated heterocycles. The first kappa shape index (κ1) is 18.7. The molecule has 1 aliphatic rings. The number of piperidine rings is 1. The Hall–Kier alpha value is -2.60. The SMILES string of the molecule is CCn1cc(-c2cc(NC(=O)CCCN3CCCCC3)[nH]n2)c2ccccc21. The highest BCUT2D eigenvalue weighted by Crippen LogP contribution is 2.30. The Morgan fingerprint density at radius 2 is 2.04 bits per heavy atom. The molecule has 0 saturated carbocycles. The van der Waals surface area contributed by atoms with Crippen LogP contribution in [-0.2, 0) is 11.3 Å². The molecule has 2 aromatic heterocycles. The van der Waals surface area contributed by atoms with Gasteiger partial charge in [-0.15, -0.1) is 0 Å². The van der Waals surface area contributed by atoms with Gasteiger partial charge >= 0.3 is 0 Å². The summed E-state index contributed by atoms with van der Waals surface area (Å²) < 4.78 is 2.22. The van der Waals surface area contributed by atoms with Crippen molar-refractivity contribution in [3.63, 3.8) is 0 Å². The van der Waals surface area contributed by atoms with Gasteiger partial charge in [0.2, 0.25) is 5.91 Å². The number of amides is 1. The number of para-hydroxylation sites is 1. The van der Waals surface area contributed by atoms with Crippen LogP contribution in [0.1, 0.15) is 39.0 Å². The number of aryl methyl sites for hydroxylation is 1. The summed E-state index contributed by atoms with van der Waals surface area (Å²) in [6, 6.07) is 10.3. The third-order valence-electron chi connectivity index (χ3n) is 5.58. The van der Waals surface area contributed by atoms with Crippen LogP contribution in [-0.4, -0.2) is 45.2 Å². The van der Waals surface area contributed by atoms with E-state index in [0.29, 0.717) is 12.2 Å².